The Hall–Kier alpha value is -2.77. The van der Waals surface area contributed by atoms with Crippen LogP contribution >= 0.6 is 0 Å². The lowest BCUT2D eigenvalue weighted by Gasteiger charge is -2.40. The SMILES string of the molecule is COc1ccoc1CNc1ncnc2c1ncn2C1O[C@H](CO)[C@@H](O)[C@H](O)[C@H]1O. The zero-order valence-corrected chi connectivity index (χ0v) is 15.4. The fourth-order valence-corrected chi connectivity index (χ4v) is 3.28. The van der Waals surface area contributed by atoms with Crippen LogP contribution in [0.1, 0.15) is 12.0 Å². The highest BCUT2D eigenvalue weighted by Gasteiger charge is 2.44. The highest BCUT2D eigenvalue weighted by atomic mass is 16.6. The van der Waals surface area contributed by atoms with Crippen LogP contribution in [0.2, 0.25) is 0 Å². The molecule has 3 aromatic heterocycles. The van der Waals surface area contributed by atoms with Gasteiger partial charge in [0.25, 0.3) is 0 Å². The molecule has 0 spiro atoms. The molecule has 3 aromatic rings. The second-order valence-electron chi connectivity index (χ2n) is 6.53. The molecule has 1 unspecified atom stereocenters. The number of aromatic nitrogens is 4. The van der Waals surface area contributed by atoms with Crippen LogP contribution in [-0.2, 0) is 11.3 Å². The summed E-state index contributed by atoms with van der Waals surface area (Å²) in [6.45, 7) is -0.240. The zero-order valence-electron chi connectivity index (χ0n) is 15.4. The molecule has 0 saturated carbocycles. The molecule has 12 heteroatoms. The van der Waals surface area contributed by atoms with Gasteiger partial charge >= 0.3 is 0 Å². The van der Waals surface area contributed by atoms with Gasteiger partial charge in [0, 0.05) is 6.07 Å². The zero-order chi connectivity index (χ0) is 20.5. The van der Waals surface area contributed by atoms with Gasteiger partial charge in [-0.25, -0.2) is 15.0 Å². The Balaban J connectivity index is 1.62. The van der Waals surface area contributed by atoms with Crippen LogP contribution in [0.3, 0.4) is 0 Å². The van der Waals surface area contributed by atoms with Gasteiger partial charge in [0.05, 0.1) is 32.9 Å². The average Bonchev–Trinajstić information content (AvgIpc) is 3.37. The predicted octanol–water partition coefficient (Wildman–Crippen LogP) is -0.988. The van der Waals surface area contributed by atoms with Gasteiger partial charge < -0.3 is 39.6 Å². The van der Waals surface area contributed by atoms with Gasteiger partial charge in [0.2, 0.25) is 0 Å². The van der Waals surface area contributed by atoms with E-state index in [4.69, 9.17) is 13.9 Å². The summed E-state index contributed by atoms with van der Waals surface area (Å²) in [5.74, 6) is 1.58. The summed E-state index contributed by atoms with van der Waals surface area (Å²) in [5.41, 5.74) is 0.730. The third-order valence-electron chi connectivity index (χ3n) is 4.84. The Labute approximate surface area is 164 Å². The number of hydrogen-bond acceptors (Lipinski definition) is 11. The molecule has 156 valence electrons. The van der Waals surface area contributed by atoms with Gasteiger partial charge in [0.15, 0.2) is 34.7 Å². The minimum Gasteiger partial charge on any atom is -0.493 e. The summed E-state index contributed by atoms with van der Waals surface area (Å²) in [6, 6.07) is 1.69. The molecule has 5 N–H and O–H groups in total. The maximum absolute atomic E-state index is 10.4. The van der Waals surface area contributed by atoms with E-state index in [2.05, 4.69) is 20.3 Å². The van der Waals surface area contributed by atoms with Crippen molar-refractivity contribution in [3.63, 3.8) is 0 Å². The lowest BCUT2D eigenvalue weighted by atomic mass is 9.98. The lowest BCUT2D eigenvalue weighted by molar-refractivity contribution is -0.250. The van der Waals surface area contributed by atoms with Crippen molar-refractivity contribution in [3.05, 3.63) is 30.7 Å². The highest BCUT2D eigenvalue weighted by molar-refractivity contribution is 5.82. The molecule has 1 fully saturated rings. The van der Waals surface area contributed by atoms with Crippen LogP contribution in [0.25, 0.3) is 11.2 Å². The topological polar surface area (TPSA) is 168 Å². The van der Waals surface area contributed by atoms with Crippen LogP contribution in [0.5, 0.6) is 5.75 Å². The van der Waals surface area contributed by atoms with E-state index in [9.17, 15) is 20.4 Å². The predicted molar refractivity (Wildman–Crippen MR) is 96.9 cm³/mol. The van der Waals surface area contributed by atoms with Crippen LogP contribution in [0, 0.1) is 0 Å². The summed E-state index contributed by atoms with van der Waals surface area (Å²) in [5, 5.41) is 42.8. The van der Waals surface area contributed by atoms with Gasteiger partial charge in [-0.1, -0.05) is 0 Å². The van der Waals surface area contributed by atoms with Crippen molar-refractivity contribution in [2.75, 3.05) is 19.0 Å². The molecule has 1 aliphatic heterocycles. The number of nitrogens with zero attached hydrogens (tertiary/aromatic N) is 4. The summed E-state index contributed by atoms with van der Waals surface area (Å²) < 4.78 is 17.6. The number of ether oxygens (including phenoxy) is 2. The van der Waals surface area contributed by atoms with Crippen molar-refractivity contribution in [2.24, 2.45) is 0 Å². The number of nitrogens with one attached hydrogen (secondary N) is 1. The lowest BCUT2D eigenvalue weighted by Crippen LogP contribution is -2.56. The Bertz CT molecular complexity index is 974. The highest BCUT2D eigenvalue weighted by Crippen LogP contribution is 2.31. The molecule has 1 aliphatic rings. The first-order valence-electron chi connectivity index (χ1n) is 8.87. The van der Waals surface area contributed by atoms with Crippen LogP contribution < -0.4 is 10.1 Å². The number of furan rings is 1. The van der Waals surface area contributed by atoms with Gasteiger partial charge in [0.1, 0.15) is 30.7 Å². The van der Waals surface area contributed by atoms with E-state index < -0.39 is 37.3 Å². The largest absolute Gasteiger partial charge is 0.493 e. The molecule has 0 aliphatic carbocycles. The van der Waals surface area contributed by atoms with E-state index in [0.29, 0.717) is 28.5 Å². The van der Waals surface area contributed by atoms with E-state index in [1.165, 1.54) is 23.5 Å². The first-order valence-corrected chi connectivity index (χ1v) is 8.87. The van der Waals surface area contributed by atoms with Gasteiger partial charge in [-0.2, -0.15) is 0 Å². The molecule has 4 heterocycles. The van der Waals surface area contributed by atoms with E-state index in [1.54, 1.807) is 13.2 Å². The van der Waals surface area contributed by atoms with Crippen molar-refractivity contribution in [1.82, 2.24) is 19.5 Å². The van der Waals surface area contributed by atoms with E-state index in [-0.39, 0.29) is 6.54 Å². The van der Waals surface area contributed by atoms with Crippen molar-refractivity contribution in [2.45, 2.75) is 37.2 Å². The standard InChI is InChI=1S/C17H21N5O7/c1-27-8-2-3-28-9(8)4-18-15-11-16(20-6-19-15)22(7-21-11)17-14(26)13(25)12(24)10(5-23)29-17/h2-3,6-7,10,12-14,17,23-26H,4-5H2,1H3,(H,18,19,20)/t10-,12-,13+,14-,17?/m1/s1. The Morgan fingerprint density at radius 2 is 2.00 bits per heavy atom. The molecular weight excluding hydrogens is 386 g/mol. The molecule has 0 amide bonds. The Morgan fingerprint density at radius 3 is 2.76 bits per heavy atom. The Morgan fingerprint density at radius 1 is 1.17 bits per heavy atom. The van der Waals surface area contributed by atoms with E-state index in [0.717, 1.165) is 0 Å². The molecule has 0 radical (unpaired) electrons. The number of anilines is 1. The van der Waals surface area contributed by atoms with Crippen molar-refractivity contribution < 1.29 is 34.3 Å². The number of fused-ring (bicyclic) bond motifs is 1. The molecular formula is C17H21N5O7. The maximum Gasteiger partial charge on any atom is 0.167 e. The summed E-state index contributed by atoms with van der Waals surface area (Å²) in [6.07, 6.45) is -2.35. The van der Waals surface area contributed by atoms with Gasteiger partial charge in [-0.3, -0.25) is 4.57 Å². The first kappa shape index (κ1) is 19.5. The molecule has 1 saturated heterocycles. The molecule has 5 atom stereocenters. The van der Waals surface area contributed by atoms with Crippen LogP contribution in [0.15, 0.2) is 29.4 Å². The summed E-state index contributed by atoms with van der Waals surface area (Å²) in [7, 11) is 1.54. The quantitative estimate of drug-likeness (QED) is 0.340. The fraction of sp³-hybridized carbons (Fsp3) is 0.471. The number of hydrogen-bond donors (Lipinski definition) is 5. The summed E-state index contributed by atoms with van der Waals surface area (Å²) in [4.78, 5) is 12.7. The third kappa shape index (κ3) is 3.41. The second kappa shape index (κ2) is 7.93. The van der Waals surface area contributed by atoms with E-state index >= 15 is 0 Å². The van der Waals surface area contributed by atoms with Crippen LogP contribution in [-0.4, -0.2) is 78.1 Å². The number of aliphatic hydroxyl groups excluding tert-OH is 4. The molecule has 0 bridgehead atoms. The Kier molecular flexibility index (Phi) is 5.34. The minimum absolute atomic E-state index is 0.287. The van der Waals surface area contributed by atoms with Crippen molar-refractivity contribution >= 4 is 17.0 Å². The number of rotatable bonds is 6. The smallest absolute Gasteiger partial charge is 0.167 e. The van der Waals surface area contributed by atoms with Crippen molar-refractivity contribution in [3.8, 4) is 5.75 Å². The molecule has 12 nitrogen and oxygen atoms in total. The second-order valence-corrected chi connectivity index (χ2v) is 6.53. The minimum atomic E-state index is -1.51. The molecule has 29 heavy (non-hydrogen) atoms. The number of methoxy groups -OCH3 is 1. The first-order chi connectivity index (χ1) is 14.0. The molecule has 4 rings (SSSR count). The number of aliphatic hydroxyl groups is 4. The number of imidazole rings is 1. The van der Waals surface area contributed by atoms with Gasteiger partial charge in [-0.15, -0.1) is 0 Å². The fourth-order valence-electron chi connectivity index (χ4n) is 3.28. The average molecular weight is 407 g/mol. The van der Waals surface area contributed by atoms with E-state index in [1.807, 2.05) is 0 Å². The summed E-state index contributed by atoms with van der Waals surface area (Å²) >= 11 is 0. The van der Waals surface area contributed by atoms with Crippen molar-refractivity contribution in [1.29, 1.82) is 0 Å². The maximum atomic E-state index is 10.4. The van der Waals surface area contributed by atoms with Gasteiger partial charge in [-0.05, 0) is 0 Å². The third-order valence-corrected chi connectivity index (χ3v) is 4.84. The normalized spacial score (nSPS) is 27.3. The monoisotopic (exact) mass is 407 g/mol. The van der Waals surface area contributed by atoms with Crippen LogP contribution in [0.4, 0.5) is 5.82 Å². The molecule has 0 aromatic carbocycles.